The minimum Gasteiger partial charge on any atom is -0.506 e. The molecule has 4 atom stereocenters. The number of para-hydroxylation sites is 2. The van der Waals surface area contributed by atoms with E-state index in [0.29, 0.717) is 24.3 Å². The van der Waals surface area contributed by atoms with Gasteiger partial charge in [-0.1, -0.05) is 12.1 Å². The van der Waals surface area contributed by atoms with Gasteiger partial charge in [-0.25, -0.2) is 4.79 Å². The van der Waals surface area contributed by atoms with E-state index >= 15 is 0 Å². The van der Waals surface area contributed by atoms with Crippen LogP contribution in [0.3, 0.4) is 0 Å². The molecule has 0 saturated carbocycles. The number of hydrogen-bond acceptors (Lipinski definition) is 5. The average Bonchev–Trinajstić information content (AvgIpc) is 2.91. The monoisotopic (exact) mass is 318 g/mol. The molecule has 1 aromatic rings. The Bertz CT molecular complexity index is 551. The van der Waals surface area contributed by atoms with Gasteiger partial charge in [0.25, 0.3) is 0 Å². The van der Waals surface area contributed by atoms with Crippen molar-refractivity contribution in [2.75, 3.05) is 18.6 Å². The van der Waals surface area contributed by atoms with Gasteiger partial charge >= 0.3 is 5.97 Å². The molecule has 0 aromatic heterocycles. The maximum Gasteiger partial charge on any atom is 0.328 e. The highest BCUT2D eigenvalue weighted by Crippen LogP contribution is 2.37. The first-order valence-corrected chi connectivity index (χ1v) is 8.52. The number of aromatic hydroxyl groups is 1. The number of rotatable bonds is 5. The van der Waals surface area contributed by atoms with Gasteiger partial charge in [-0.05, 0) is 50.7 Å². The van der Waals surface area contributed by atoms with Crippen LogP contribution < -0.4 is 10.2 Å². The molecule has 2 bridgehead atoms. The highest BCUT2D eigenvalue weighted by molar-refractivity contribution is 5.81. The van der Waals surface area contributed by atoms with Crippen molar-refractivity contribution in [1.82, 2.24) is 5.32 Å². The first-order valence-electron chi connectivity index (χ1n) is 8.52. The maximum absolute atomic E-state index is 12.6. The molecule has 2 saturated heterocycles. The number of hydrogen-bond donors (Lipinski definition) is 2. The minimum absolute atomic E-state index is 0.207. The quantitative estimate of drug-likeness (QED) is 0.816. The molecule has 0 aliphatic carbocycles. The van der Waals surface area contributed by atoms with Crippen LogP contribution in [-0.2, 0) is 9.53 Å². The van der Waals surface area contributed by atoms with Gasteiger partial charge in [-0.3, -0.25) is 0 Å². The summed E-state index contributed by atoms with van der Waals surface area (Å²) in [7, 11) is 1.45. The summed E-state index contributed by atoms with van der Waals surface area (Å²) in [5.41, 5.74) is 0.705. The maximum atomic E-state index is 12.6. The van der Waals surface area contributed by atoms with E-state index in [0.717, 1.165) is 12.8 Å². The molecular weight excluding hydrogens is 292 g/mol. The van der Waals surface area contributed by atoms with Crippen LogP contribution in [0.4, 0.5) is 5.69 Å². The van der Waals surface area contributed by atoms with Crippen LogP contribution >= 0.6 is 0 Å². The number of anilines is 1. The number of fused-ring (bicyclic) bond motifs is 2. The first kappa shape index (κ1) is 16.1. The van der Waals surface area contributed by atoms with Crippen molar-refractivity contribution in [3.63, 3.8) is 0 Å². The molecule has 1 aromatic carbocycles. The summed E-state index contributed by atoms with van der Waals surface area (Å²) in [5.74, 6) is 0.252. The van der Waals surface area contributed by atoms with E-state index in [1.165, 1.54) is 20.0 Å². The van der Waals surface area contributed by atoms with Crippen LogP contribution in [0.15, 0.2) is 24.3 Å². The lowest BCUT2D eigenvalue weighted by molar-refractivity contribution is -0.144. The lowest BCUT2D eigenvalue weighted by Gasteiger charge is -2.40. The van der Waals surface area contributed by atoms with E-state index in [2.05, 4.69) is 5.32 Å². The summed E-state index contributed by atoms with van der Waals surface area (Å²) in [6, 6.07) is 7.89. The Morgan fingerprint density at radius 1 is 1.35 bits per heavy atom. The second-order valence-corrected chi connectivity index (χ2v) is 6.61. The SMILES string of the molecule is CCN(c1ccccc1O)C(C(=O)OC)C1CC2CC[C@H](C1)N2. The zero-order valence-corrected chi connectivity index (χ0v) is 13.9. The summed E-state index contributed by atoms with van der Waals surface area (Å²) in [6.45, 7) is 2.66. The summed E-state index contributed by atoms with van der Waals surface area (Å²) in [4.78, 5) is 14.6. The summed E-state index contributed by atoms with van der Waals surface area (Å²) in [6.07, 6.45) is 4.36. The first-order chi connectivity index (χ1) is 11.1. The number of ether oxygens (including phenoxy) is 1. The number of carbonyl (C=O) groups excluding carboxylic acids is 1. The Morgan fingerprint density at radius 3 is 2.57 bits per heavy atom. The third-order valence-electron chi connectivity index (χ3n) is 5.27. The lowest BCUT2D eigenvalue weighted by atomic mass is 9.85. The van der Waals surface area contributed by atoms with Crippen molar-refractivity contribution in [3.05, 3.63) is 24.3 Å². The van der Waals surface area contributed by atoms with Crippen LogP contribution in [0.5, 0.6) is 5.75 Å². The summed E-state index contributed by atoms with van der Waals surface area (Å²) < 4.78 is 5.12. The summed E-state index contributed by atoms with van der Waals surface area (Å²) in [5, 5.41) is 13.8. The fraction of sp³-hybridized carbons (Fsp3) is 0.611. The van der Waals surface area contributed by atoms with Gasteiger partial charge in [0.15, 0.2) is 0 Å². The van der Waals surface area contributed by atoms with Gasteiger partial charge in [0.05, 0.1) is 12.8 Å². The molecule has 2 N–H and O–H groups in total. The number of phenols is 1. The molecule has 2 heterocycles. The number of carbonyl (C=O) groups is 1. The Kier molecular flexibility index (Phi) is 4.76. The van der Waals surface area contributed by atoms with Crippen molar-refractivity contribution in [3.8, 4) is 5.75 Å². The number of nitrogens with one attached hydrogen (secondary N) is 1. The zero-order chi connectivity index (χ0) is 16.4. The zero-order valence-electron chi connectivity index (χ0n) is 13.9. The van der Waals surface area contributed by atoms with E-state index in [-0.39, 0.29) is 23.7 Å². The van der Waals surface area contributed by atoms with Crippen molar-refractivity contribution in [2.45, 2.75) is 50.7 Å². The van der Waals surface area contributed by atoms with Gasteiger partial charge in [0.2, 0.25) is 0 Å². The molecule has 2 aliphatic heterocycles. The van der Waals surface area contributed by atoms with Crippen LogP contribution in [0, 0.1) is 5.92 Å². The standard InChI is InChI=1S/C18H26N2O3/c1-3-20(15-6-4-5-7-16(15)21)17(18(22)23-2)12-10-13-8-9-14(11-12)19-13/h4-7,12-14,17,19,21H,3,8-11H2,1-2H3/t12?,13-,14?,17?/m1/s1. The minimum atomic E-state index is -0.344. The van der Waals surface area contributed by atoms with Gasteiger partial charge in [-0.15, -0.1) is 0 Å². The van der Waals surface area contributed by atoms with E-state index < -0.39 is 0 Å². The van der Waals surface area contributed by atoms with Gasteiger partial charge in [-0.2, -0.15) is 0 Å². The number of methoxy groups -OCH3 is 1. The van der Waals surface area contributed by atoms with Crippen LogP contribution in [0.2, 0.25) is 0 Å². The molecule has 2 aliphatic rings. The van der Waals surface area contributed by atoms with Crippen molar-refractivity contribution in [1.29, 1.82) is 0 Å². The van der Waals surface area contributed by atoms with Gasteiger partial charge in [0, 0.05) is 18.6 Å². The molecule has 5 nitrogen and oxygen atoms in total. The lowest BCUT2D eigenvalue weighted by Crippen LogP contribution is -2.52. The van der Waals surface area contributed by atoms with E-state index in [1.54, 1.807) is 12.1 Å². The molecule has 0 radical (unpaired) electrons. The van der Waals surface area contributed by atoms with Crippen LogP contribution in [-0.4, -0.2) is 42.9 Å². The average molecular weight is 318 g/mol. The highest BCUT2D eigenvalue weighted by Gasteiger charge is 2.42. The third-order valence-corrected chi connectivity index (χ3v) is 5.27. The number of piperidine rings is 1. The summed E-state index contributed by atoms with van der Waals surface area (Å²) >= 11 is 0. The van der Waals surface area contributed by atoms with Crippen LogP contribution in [0.25, 0.3) is 0 Å². The Hall–Kier alpha value is -1.75. The third kappa shape index (κ3) is 3.15. The molecule has 2 fully saturated rings. The van der Waals surface area contributed by atoms with E-state index in [9.17, 15) is 9.90 Å². The van der Waals surface area contributed by atoms with E-state index in [4.69, 9.17) is 4.74 Å². The van der Waals surface area contributed by atoms with E-state index in [1.807, 2.05) is 24.0 Å². The van der Waals surface area contributed by atoms with Gasteiger partial charge in [0.1, 0.15) is 11.8 Å². The molecule has 0 amide bonds. The van der Waals surface area contributed by atoms with Crippen molar-refractivity contribution < 1.29 is 14.6 Å². The Morgan fingerprint density at radius 2 is 2.00 bits per heavy atom. The number of phenolic OH excluding ortho intramolecular Hbond substituents is 1. The van der Waals surface area contributed by atoms with Crippen molar-refractivity contribution in [2.24, 2.45) is 5.92 Å². The normalized spacial score (nSPS) is 27.5. The molecule has 3 unspecified atom stereocenters. The highest BCUT2D eigenvalue weighted by atomic mass is 16.5. The van der Waals surface area contributed by atoms with Crippen molar-refractivity contribution >= 4 is 11.7 Å². The molecule has 5 heteroatoms. The molecule has 3 rings (SSSR count). The fourth-order valence-corrected chi connectivity index (χ4v) is 4.28. The van der Waals surface area contributed by atoms with Gasteiger partial charge < -0.3 is 20.1 Å². The largest absolute Gasteiger partial charge is 0.506 e. The predicted octanol–water partition coefficient (Wildman–Crippen LogP) is 2.29. The van der Waals surface area contributed by atoms with Crippen LogP contribution in [0.1, 0.15) is 32.6 Å². The second-order valence-electron chi connectivity index (χ2n) is 6.61. The fourth-order valence-electron chi connectivity index (χ4n) is 4.28. The predicted molar refractivity (Wildman–Crippen MR) is 89.6 cm³/mol. The smallest absolute Gasteiger partial charge is 0.328 e. The number of nitrogens with zero attached hydrogens (tertiary/aromatic N) is 1. The Balaban J connectivity index is 1.91. The Labute approximate surface area is 137 Å². The topological polar surface area (TPSA) is 61.8 Å². The molecule has 0 spiro atoms. The molecule has 126 valence electrons. The molecule has 23 heavy (non-hydrogen) atoms. The molecular formula is C18H26N2O3. The number of esters is 1. The number of likely N-dealkylation sites (N-methyl/N-ethyl adjacent to an activating group) is 1. The second kappa shape index (κ2) is 6.79. The number of benzene rings is 1.